The molecule has 2 aliphatic carbocycles. The Kier molecular flexibility index (Phi) is 7.13. The molecule has 156 valence electrons. The molecule has 2 saturated carbocycles. The van der Waals surface area contributed by atoms with Crippen LogP contribution in [-0.4, -0.2) is 19.6 Å². The molecule has 0 bridgehead atoms. The zero-order chi connectivity index (χ0) is 20.0. The Labute approximate surface area is 164 Å². The number of alkyl halides is 3. The first kappa shape index (κ1) is 20.9. The van der Waals surface area contributed by atoms with Gasteiger partial charge in [-0.25, -0.2) is 0 Å². The van der Waals surface area contributed by atoms with Crippen LogP contribution in [0.4, 0.5) is 13.2 Å². The highest BCUT2D eigenvalue weighted by atomic mass is 19.4. The van der Waals surface area contributed by atoms with Gasteiger partial charge in [0, 0.05) is 5.56 Å². The SMILES string of the molecule is Cc1c(OC/C=C/C2CCC2)ccc(OCCC2CCCC2)c1OC(F)(F)F. The molecule has 1 aromatic carbocycles. The van der Waals surface area contributed by atoms with Gasteiger partial charge in [0.2, 0.25) is 0 Å². The fourth-order valence-electron chi connectivity index (χ4n) is 3.81. The Hall–Kier alpha value is -1.85. The summed E-state index contributed by atoms with van der Waals surface area (Å²) in [6, 6.07) is 3.16. The smallest absolute Gasteiger partial charge is 0.490 e. The summed E-state index contributed by atoms with van der Waals surface area (Å²) in [4.78, 5) is 0. The Bertz CT molecular complexity index is 660. The number of benzene rings is 1. The maximum absolute atomic E-state index is 12.9. The van der Waals surface area contributed by atoms with E-state index in [9.17, 15) is 13.2 Å². The third kappa shape index (κ3) is 6.08. The van der Waals surface area contributed by atoms with Gasteiger partial charge in [0.15, 0.2) is 11.5 Å². The highest BCUT2D eigenvalue weighted by molar-refractivity contribution is 5.53. The largest absolute Gasteiger partial charge is 0.573 e. The molecule has 0 spiro atoms. The molecular formula is C22H29F3O3. The summed E-state index contributed by atoms with van der Waals surface area (Å²) in [7, 11) is 0. The molecule has 3 rings (SSSR count). The van der Waals surface area contributed by atoms with Crippen molar-refractivity contribution in [2.75, 3.05) is 13.2 Å². The Balaban J connectivity index is 1.63. The van der Waals surface area contributed by atoms with Crippen LogP contribution >= 0.6 is 0 Å². The van der Waals surface area contributed by atoms with E-state index in [1.807, 2.05) is 6.08 Å². The van der Waals surface area contributed by atoms with Crippen molar-refractivity contribution in [3.8, 4) is 17.2 Å². The van der Waals surface area contributed by atoms with Gasteiger partial charge >= 0.3 is 6.36 Å². The minimum Gasteiger partial charge on any atom is -0.490 e. The number of allylic oxidation sites excluding steroid dienone is 1. The molecule has 0 unspecified atom stereocenters. The maximum Gasteiger partial charge on any atom is 0.573 e. The average molecular weight is 398 g/mol. The highest BCUT2D eigenvalue weighted by Crippen LogP contribution is 2.40. The monoisotopic (exact) mass is 398 g/mol. The van der Waals surface area contributed by atoms with Crippen LogP contribution in [0.15, 0.2) is 24.3 Å². The van der Waals surface area contributed by atoms with Gasteiger partial charge < -0.3 is 14.2 Å². The number of rotatable bonds is 9. The first-order chi connectivity index (χ1) is 13.4. The second-order valence-corrected chi connectivity index (χ2v) is 7.78. The Morgan fingerprint density at radius 2 is 1.71 bits per heavy atom. The predicted molar refractivity (Wildman–Crippen MR) is 102 cm³/mol. The van der Waals surface area contributed by atoms with Crippen molar-refractivity contribution < 1.29 is 27.4 Å². The van der Waals surface area contributed by atoms with Gasteiger partial charge in [0.05, 0.1) is 6.61 Å². The van der Waals surface area contributed by atoms with Crippen molar-refractivity contribution in [2.45, 2.75) is 64.7 Å². The molecule has 1 aromatic rings. The second-order valence-electron chi connectivity index (χ2n) is 7.78. The van der Waals surface area contributed by atoms with E-state index < -0.39 is 6.36 Å². The Morgan fingerprint density at radius 3 is 2.36 bits per heavy atom. The summed E-state index contributed by atoms with van der Waals surface area (Å²) < 4.78 is 54.3. The molecule has 2 aliphatic rings. The molecule has 0 radical (unpaired) electrons. The van der Waals surface area contributed by atoms with Crippen LogP contribution < -0.4 is 14.2 Å². The van der Waals surface area contributed by atoms with E-state index in [1.165, 1.54) is 51.0 Å². The standard InChI is InChI=1S/C22H29F3O3/c1-16-19(26-14-5-10-17-8-4-9-17)11-12-20(21(16)28-22(23,24)25)27-15-13-18-6-2-3-7-18/h5,10-12,17-18H,2-4,6-9,13-15H2,1H3/b10-5+. The van der Waals surface area contributed by atoms with Crippen LogP contribution in [0.5, 0.6) is 17.2 Å². The Morgan fingerprint density at radius 1 is 1.00 bits per heavy atom. The molecule has 3 nitrogen and oxygen atoms in total. The predicted octanol–water partition coefficient (Wildman–Crippen LogP) is 6.59. The number of ether oxygens (including phenoxy) is 3. The van der Waals surface area contributed by atoms with E-state index in [1.54, 1.807) is 13.0 Å². The molecule has 0 saturated heterocycles. The van der Waals surface area contributed by atoms with E-state index in [2.05, 4.69) is 10.8 Å². The van der Waals surface area contributed by atoms with Gasteiger partial charge in [0.1, 0.15) is 12.4 Å². The zero-order valence-electron chi connectivity index (χ0n) is 16.4. The van der Waals surface area contributed by atoms with E-state index in [0.29, 0.717) is 36.4 Å². The van der Waals surface area contributed by atoms with Gasteiger partial charge in [-0.15, -0.1) is 13.2 Å². The summed E-state index contributed by atoms with van der Waals surface area (Å²) in [5.41, 5.74) is 0.299. The van der Waals surface area contributed by atoms with E-state index in [4.69, 9.17) is 9.47 Å². The van der Waals surface area contributed by atoms with Crippen molar-refractivity contribution in [1.29, 1.82) is 0 Å². The van der Waals surface area contributed by atoms with E-state index in [0.717, 1.165) is 6.42 Å². The van der Waals surface area contributed by atoms with Crippen molar-refractivity contribution in [1.82, 2.24) is 0 Å². The van der Waals surface area contributed by atoms with Gasteiger partial charge in [-0.2, -0.15) is 0 Å². The topological polar surface area (TPSA) is 27.7 Å². The lowest BCUT2D eigenvalue weighted by Gasteiger charge is -2.21. The third-order valence-corrected chi connectivity index (χ3v) is 5.69. The maximum atomic E-state index is 12.9. The van der Waals surface area contributed by atoms with Crippen LogP contribution in [0, 0.1) is 18.8 Å². The molecule has 2 fully saturated rings. The van der Waals surface area contributed by atoms with Gasteiger partial charge in [-0.3, -0.25) is 0 Å². The summed E-state index contributed by atoms with van der Waals surface area (Å²) in [6.45, 7) is 2.28. The fraction of sp³-hybridized carbons (Fsp3) is 0.636. The van der Waals surface area contributed by atoms with E-state index in [-0.39, 0.29) is 11.5 Å². The first-order valence-corrected chi connectivity index (χ1v) is 10.2. The van der Waals surface area contributed by atoms with Crippen LogP contribution in [0.1, 0.15) is 56.9 Å². The lowest BCUT2D eigenvalue weighted by atomic mass is 9.85. The highest BCUT2D eigenvalue weighted by Gasteiger charge is 2.34. The fourth-order valence-corrected chi connectivity index (χ4v) is 3.81. The molecule has 0 heterocycles. The van der Waals surface area contributed by atoms with Gasteiger partial charge in [-0.05, 0) is 50.2 Å². The van der Waals surface area contributed by atoms with Crippen molar-refractivity contribution in [3.05, 3.63) is 29.8 Å². The quantitative estimate of drug-likeness (QED) is 0.439. The van der Waals surface area contributed by atoms with Crippen molar-refractivity contribution in [2.24, 2.45) is 11.8 Å². The minimum atomic E-state index is -4.78. The van der Waals surface area contributed by atoms with Gasteiger partial charge in [0.25, 0.3) is 0 Å². The van der Waals surface area contributed by atoms with Crippen molar-refractivity contribution >= 4 is 0 Å². The summed E-state index contributed by atoms with van der Waals surface area (Å²) in [6.07, 6.45) is 8.59. The third-order valence-electron chi connectivity index (χ3n) is 5.69. The minimum absolute atomic E-state index is 0.116. The zero-order valence-corrected chi connectivity index (χ0v) is 16.4. The normalized spacial score (nSPS) is 18.4. The van der Waals surface area contributed by atoms with Crippen LogP contribution in [0.25, 0.3) is 0 Å². The molecule has 0 aliphatic heterocycles. The summed E-state index contributed by atoms with van der Waals surface area (Å²) in [5.74, 6) is 1.41. The van der Waals surface area contributed by atoms with Crippen LogP contribution in [0.2, 0.25) is 0 Å². The molecule has 0 aromatic heterocycles. The number of hydrogen-bond acceptors (Lipinski definition) is 3. The van der Waals surface area contributed by atoms with Gasteiger partial charge in [-0.1, -0.05) is 44.3 Å². The van der Waals surface area contributed by atoms with E-state index >= 15 is 0 Å². The van der Waals surface area contributed by atoms with Crippen molar-refractivity contribution in [3.63, 3.8) is 0 Å². The molecule has 6 heteroatoms. The van der Waals surface area contributed by atoms with Crippen LogP contribution in [-0.2, 0) is 0 Å². The summed E-state index contributed by atoms with van der Waals surface area (Å²) in [5, 5.41) is 0. The van der Waals surface area contributed by atoms with Crippen LogP contribution in [0.3, 0.4) is 0 Å². The first-order valence-electron chi connectivity index (χ1n) is 10.2. The lowest BCUT2D eigenvalue weighted by molar-refractivity contribution is -0.275. The molecule has 0 amide bonds. The molecule has 28 heavy (non-hydrogen) atoms. The number of hydrogen-bond donors (Lipinski definition) is 0. The molecular weight excluding hydrogens is 369 g/mol. The lowest BCUT2D eigenvalue weighted by Crippen LogP contribution is -2.19. The summed E-state index contributed by atoms with van der Waals surface area (Å²) >= 11 is 0. The molecule has 0 atom stereocenters. The second kappa shape index (κ2) is 9.57. The molecule has 0 N–H and O–H groups in total. The number of halogens is 3. The average Bonchev–Trinajstić information content (AvgIpc) is 3.10.